The Kier molecular flexibility index (Phi) is 5.54. The Morgan fingerprint density at radius 1 is 1.22 bits per heavy atom. The van der Waals surface area contributed by atoms with E-state index in [1.54, 1.807) is 35.8 Å². The van der Waals surface area contributed by atoms with Crippen LogP contribution in [0.1, 0.15) is 49.4 Å². The zero-order chi connectivity index (χ0) is 25.8. The molecule has 1 atom stereocenters. The van der Waals surface area contributed by atoms with Crippen molar-refractivity contribution in [3.63, 3.8) is 0 Å². The molecule has 2 aliphatic heterocycles. The van der Waals surface area contributed by atoms with Gasteiger partial charge in [0, 0.05) is 23.4 Å². The number of carbonyl (C=O) groups is 3. The topological polar surface area (TPSA) is 137 Å². The molecule has 5 rings (SSSR count). The maximum atomic E-state index is 13.6. The maximum Gasteiger partial charge on any atom is 0.355 e. The number of cyclic esters (lactones) is 1. The highest BCUT2D eigenvalue weighted by Crippen LogP contribution is 2.42. The molecule has 0 unspecified atom stereocenters. The highest BCUT2D eigenvalue weighted by Gasteiger charge is 2.50. The SMILES string of the molecule is CCc1c2c(nc3ccc(O)cc13)-c1cc3c(c(=O)n1C2)COC(=O)[C@@]3(CC)OC(=O)CNC(C)=O. The van der Waals surface area contributed by atoms with E-state index in [4.69, 9.17) is 14.5 Å². The zero-order valence-electron chi connectivity index (χ0n) is 20.1. The van der Waals surface area contributed by atoms with Gasteiger partial charge in [-0.2, -0.15) is 0 Å². The molecule has 10 nitrogen and oxygen atoms in total. The molecule has 1 amide bonds. The van der Waals surface area contributed by atoms with Gasteiger partial charge < -0.3 is 24.5 Å². The van der Waals surface area contributed by atoms with Gasteiger partial charge in [-0.05, 0) is 42.7 Å². The van der Waals surface area contributed by atoms with Gasteiger partial charge in [-0.3, -0.25) is 14.4 Å². The number of aromatic nitrogens is 2. The number of phenolic OH excluding ortho intramolecular Hbond substituents is 1. The number of hydrogen-bond acceptors (Lipinski definition) is 8. The number of benzene rings is 1. The van der Waals surface area contributed by atoms with E-state index in [0.29, 0.717) is 23.3 Å². The Labute approximate surface area is 205 Å². The van der Waals surface area contributed by atoms with Crippen molar-refractivity contribution in [2.75, 3.05) is 6.54 Å². The summed E-state index contributed by atoms with van der Waals surface area (Å²) in [5, 5.41) is 13.2. The molecule has 186 valence electrons. The largest absolute Gasteiger partial charge is 0.508 e. The predicted octanol–water partition coefficient (Wildman–Crippen LogP) is 2.03. The number of phenols is 1. The van der Waals surface area contributed by atoms with Crippen LogP contribution < -0.4 is 10.9 Å². The second kappa shape index (κ2) is 8.47. The Bertz CT molecular complexity index is 1520. The molecule has 0 radical (unpaired) electrons. The van der Waals surface area contributed by atoms with Crippen molar-refractivity contribution in [3.05, 3.63) is 56.9 Å². The molecule has 2 N–H and O–H groups in total. The van der Waals surface area contributed by atoms with Gasteiger partial charge in [0.05, 0.1) is 29.0 Å². The first kappa shape index (κ1) is 23.5. The van der Waals surface area contributed by atoms with Crippen LogP contribution in [0, 0.1) is 0 Å². The lowest BCUT2D eigenvalue weighted by atomic mass is 9.85. The maximum absolute atomic E-state index is 13.6. The summed E-state index contributed by atoms with van der Waals surface area (Å²) in [5.41, 5.74) is 1.98. The summed E-state index contributed by atoms with van der Waals surface area (Å²) < 4.78 is 12.5. The monoisotopic (exact) mass is 491 g/mol. The van der Waals surface area contributed by atoms with E-state index >= 15 is 0 Å². The second-order valence-corrected chi connectivity index (χ2v) is 8.93. The van der Waals surface area contributed by atoms with Crippen LogP contribution in [0.25, 0.3) is 22.3 Å². The van der Waals surface area contributed by atoms with Crippen molar-refractivity contribution in [2.45, 2.75) is 52.4 Å². The minimum absolute atomic E-state index is 0.0328. The number of ether oxygens (including phenoxy) is 2. The smallest absolute Gasteiger partial charge is 0.355 e. The molecule has 0 spiro atoms. The second-order valence-electron chi connectivity index (χ2n) is 8.93. The molecule has 36 heavy (non-hydrogen) atoms. The van der Waals surface area contributed by atoms with Gasteiger partial charge in [0.2, 0.25) is 11.5 Å². The fourth-order valence-electron chi connectivity index (χ4n) is 5.14. The average Bonchev–Trinajstić information content (AvgIpc) is 3.22. The van der Waals surface area contributed by atoms with E-state index < -0.39 is 30.0 Å². The molecule has 0 fully saturated rings. The quantitative estimate of drug-likeness (QED) is 0.405. The zero-order valence-corrected chi connectivity index (χ0v) is 20.1. The third-order valence-corrected chi connectivity index (χ3v) is 6.88. The molecule has 1 aromatic carbocycles. The van der Waals surface area contributed by atoms with Crippen molar-refractivity contribution >= 4 is 28.7 Å². The van der Waals surface area contributed by atoms with Crippen LogP contribution in [-0.2, 0) is 49.0 Å². The Morgan fingerprint density at radius 2 is 2.00 bits per heavy atom. The first-order valence-corrected chi connectivity index (χ1v) is 11.8. The lowest BCUT2D eigenvalue weighted by molar-refractivity contribution is -0.189. The number of nitrogens with zero attached hydrogens (tertiary/aromatic N) is 2. The molecule has 4 heterocycles. The molecule has 0 saturated carbocycles. The van der Waals surface area contributed by atoms with E-state index in [1.807, 2.05) is 6.92 Å². The first-order chi connectivity index (χ1) is 17.2. The van der Waals surface area contributed by atoms with Gasteiger partial charge in [-0.25, -0.2) is 9.78 Å². The Hall–Kier alpha value is -4.21. The van der Waals surface area contributed by atoms with Gasteiger partial charge >= 0.3 is 11.9 Å². The summed E-state index contributed by atoms with van der Waals surface area (Å²) in [6.45, 7) is 4.55. The molecule has 3 aromatic rings. The van der Waals surface area contributed by atoms with Crippen LogP contribution in [0.5, 0.6) is 5.75 Å². The molecule has 10 heteroatoms. The van der Waals surface area contributed by atoms with Crippen molar-refractivity contribution in [1.29, 1.82) is 0 Å². The number of rotatable bonds is 5. The van der Waals surface area contributed by atoms with E-state index in [0.717, 1.165) is 16.5 Å². The standard InChI is InChI=1S/C26H25N3O7/c1-4-15-16-8-14(31)6-7-20(16)28-23-17(15)11-29-21(23)9-19-18(24(29)33)12-35-25(34)26(19,5-2)36-22(32)10-27-13(3)30/h6-9,31H,4-5,10-12H2,1-3H3,(H,27,30)/t26-/m0/s1. The summed E-state index contributed by atoms with van der Waals surface area (Å²) in [6, 6.07) is 6.64. The van der Waals surface area contributed by atoms with Crippen LogP contribution >= 0.6 is 0 Å². The number of aromatic hydroxyl groups is 1. The number of amides is 1. The number of pyridine rings is 2. The summed E-state index contributed by atoms with van der Waals surface area (Å²) in [6.07, 6.45) is 0.694. The summed E-state index contributed by atoms with van der Waals surface area (Å²) in [5.74, 6) is -1.89. The number of hydrogen-bond donors (Lipinski definition) is 2. The van der Waals surface area contributed by atoms with Crippen LogP contribution in [-0.4, -0.2) is 39.0 Å². The van der Waals surface area contributed by atoms with Crippen molar-refractivity contribution in [1.82, 2.24) is 14.9 Å². The van der Waals surface area contributed by atoms with Crippen LogP contribution in [0.2, 0.25) is 0 Å². The summed E-state index contributed by atoms with van der Waals surface area (Å²) >= 11 is 0. The van der Waals surface area contributed by atoms with Crippen molar-refractivity contribution in [3.8, 4) is 17.1 Å². The predicted molar refractivity (Wildman–Crippen MR) is 128 cm³/mol. The lowest BCUT2D eigenvalue weighted by Gasteiger charge is -2.35. The molecule has 0 saturated heterocycles. The number of aryl methyl sites for hydroxylation is 1. The minimum Gasteiger partial charge on any atom is -0.508 e. The lowest BCUT2D eigenvalue weighted by Crippen LogP contribution is -2.48. The van der Waals surface area contributed by atoms with Gasteiger partial charge in [0.15, 0.2) is 0 Å². The number of esters is 2. The molecule has 0 bridgehead atoms. The van der Waals surface area contributed by atoms with Crippen LogP contribution in [0.15, 0.2) is 29.1 Å². The van der Waals surface area contributed by atoms with Crippen LogP contribution in [0.4, 0.5) is 0 Å². The van der Waals surface area contributed by atoms with E-state index in [9.17, 15) is 24.3 Å². The molecule has 0 aliphatic carbocycles. The van der Waals surface area contributed by atoms with Crippen molar-refractivity contribution < 1.29 is 29.0 Å². The summed E-state index contributed by atoms with van der Waals surface area (Å²) in [4.78, 5) is 55.2. The van der Waals surface area contributed by atoms with Gasteiger partial charge in [0.1, 0.15) is 18.9 Å². The fraction of sp³-hybridized carbons (Fsp3) is 0.346. The van der Waals surface area contributed by atoms with Gasteiger partial charge in [-0.1, -0.05) is 13.8 Å². The average molecular weight is 492 g/mol. The highest BCUT2D eigenvalue weighted by molar-refractivity contribution is 5.91. The van der Waals surface area contributed by atoms with E-state index in [-0.39, 0.29) is 42.0 Å². The number of fused-ring (bicyclic) bond motifs is 5. The van der Waals surface area contributed by atoms with Gasteiger partial charge in [0.25, 0.3) is 5.56 Å². The normalized spacial score (nSPS) is 17.7. The van der Waals surface area contributed by atoms with Crippen molar-refractivity contribution in [2.24, 2.45) is 0 Å². The Balaban J connectivity index is 1.70. The highest BCUT2D eigenvalue weighted by atomic mass is 16.6. The minimum atomic E-state index is -1.82. The number of carbonyl (C=O) groups excluding carboxylic acids is 3. The van der Waals surface area contributed by atoms with E-state index in [1.165, 1.54) is 6.92 Å². The molecular formula is C26H25N3O7. The molecular weight excluding hydrogens is 466 g/mol. The fourth-order valence-corrected chi connectivity index (χ4v) is 5.14. The Morgan fingerprint density at radius 3 is 2.69 bits per heavy atom. The van der Waals surface area contributed by atoms with E-state index in [2.05, 4.69) is 5.32 Å². The molecule has 2 aliphatic rings. The third-order valence-electron chi connectivity index (χ3n) is 6.88. The molecule has 2 aromatic heterocycles. The first-order valence-electron chi connectivity index (χ1n) is 11.8. The summed E-state index contributed by atoms with van der Waals surface area (Å²) in [7, 11) is 0. The van der Waals surface area contributed by atoms with Gasteiger partial charge in [-0.15, -0.1) is 0 Å². The third kappa shape index (κ3) is 3.43. The van der Waals surface area contributed by atoms with Crippen LogP contribution in [0.3, 0.4) is 0 Å². The number of nitrogens with one attached hydrogen (secondary N) is 1.